The van der Waals surface area contributed by atoms with Gasteiger partial charge in [-0.25, -0.2) is 0 Å². The topological polar surface area (TPSA) is 47.6 Å². The maximum absolute atomic E-state index is 10.6. The average molecular weight is 569 g/mol. The summed E-state index contributed by atoms with van der Waals surface area (Å²) in [5, 5.41) is 25.2. The van der Waals surface area contributed by atoms with Crippen LogP contribution in [-0.4, -0.2) is 0 Å². The smallest absolute Gasteiger partial charge is 0.100 e. The predicted molar refractivity (Wildman–Crippen MR) is 178 cm³/mol. The lowest BCUT2D eigenvalue weighted by molar-refractivity contribution is 1.46. The van der Waals surface area contributed by atoms with E-state index in [0.717, 1.165) is 33.4 Å². The lowest BCUT2D eigenvalue weighted by atomic mass is 9.87. The van der Waals surface area contributed by atoms with Gasteiger partial charge in [-0.1, -0.05) is 72.8 Å². The Bertz CT molecular complexity index is 2450. The van der Waals surface area contributed by atoms with Crippen molar-refractivity contribution in [1.29, 1.82) is 10.5 Å². The van der Waals surface area contributed by atoms with E-state index in [1.54, 1.807) is 28.7 Å². The van der Waals surface area contributed by atoms with Gasteiger partial charge in [-0.3, -0.25) is 0 Å². The zero-order chi connectivity index (χ0) is 28.2. The molecule has 0 aliphatic heterocycles. The van der Waals surface area contributed by atoms with Gasteiger partial charge in [0.25, 0.3) is 0 Å². The Kier molecular flexibility index (Phi) is 5.66. The van der Waals surface area contributed by atoms with E-state index in [1.807, 2.05) is 18.2 Å². The third kappa shape index (κ3) is 3.82. The number of fused-ring (bicyclic) bond motifs is 6. The number of hydrogen-bond donors (Lipinski definition) is 0. The van der Waals surface area contributed by atoms with Gasteiger partial charge in [0, 0.05) is 51.5 Å². The zero-order valence-corrected chi connectivity index (χ0v) is 23.9. The average Bonchev–Trinajstić information content (AvgIpc) is 3.62. The Labute approximate surface area is 250 Å². The van der Waals surface area contributed by atoms with Crippen molar-refractivity contribution < 1.29 is 0 Å². The van der Waals surface area contributed by atoms with Crippen molar-refractivity contribution in [2.45, 2.75) is 0 Å². The van der Waals surface area contributed by atoms with Gasteiger partial charge in [0.1, 0.15) is 6.07 Å². The van der Waals surface area contributed by atoms with E-state index < -0.39 is 0 Å². The van der Waals surface area contributed by atoms with Crippen LogP contribution in [-0.2, 0) is 0 Å². The highest BCUT2D eigenvalue weighted by Crippen LogP contribution is 2.44. The molecule has 0 atom stereocenters. The molecule has 2 nitrogen and oxygen atoms in total. The van der Waals surface area contributed by atoms with Gasteiger partial charge in [0.2, 0.25) is 0 Å². The summed E-state index contributed by atoms with van der Waals surface area (Å²) in [6, 6.07) is 46.7. The third-order valence-electron chi connectivity index (χ3n) is 7.96. The molecule has 0 amide bonds. The summed E-state index contributed by atoms with van der Waals surface area (Å²) in [6.07, 6.45) is 0. The van der Waals surface area contributed by atoms with Crippen LogP contribution in [0.25, 0.3) is 73.7 Å². The van der Waals surface area contributed by atoms with Crippen LogP contribution in [0.3, 0.4) is 0 Å². The molecular formula is C38H20N2S2. The summed E-state index contributed by atoms with van der Waals surface area (Å²) in [5.74, 6) is 0. The molecule has 2 heterocycles. The minimum Gasteiger partial charge on any atom is -0.192 e. The Morgan fingerprint density at radius 3 is 1.86 bits per heavy atom. The first-order valence-corrected chi connectivity index (χ1v) is 15.3. The van der Waals surface area contributed by atoms with E-state index in [-0.39, 0.29) is 0 Å². The van der Waals surface area contributed by atoms with Crippen LogP contribution in [0.2, 0.25) is 0 Å². The van der Waals surface area contributed by atoms with Crippen molar-refractivity contribution >= 4 is 63.0 Å². The zero-order valence-electron chi connectivity index (χ0n) is 22.3. The number of nitriles is 2. The van der Waals surface area contributed by atoms with Crippen LogP contribution in [0.15, 0.2) is 121 Å². The van der Waals surface area contributed by atoms with E-state index in [4.69, 9.17) is 0 Å². The van der Waals surface area contributed by atoms with Gasteiger partial charge in [0.05, 0.1) is 17.2 Å². The van der Waals surface area contributed by atoms with Gasteiger partial charge in [-0.05, 0) is 70.8 Å². The lowest BCUT2D eigenvalue weighted by Crippen LogP contribution is -1.93. The Balaban J connectivity index is 1.45. The second kappa shape index (κ2) is 9.68. The van der Waals surface area contributed by atoms with Crippen molar-refractivity contribution in [3.63, 3.8) is 0 Å². The quantitative estimate of drug-likeness (QED) is 0.213. The maximum atomic E-state index is 10.6. The number of hydrogen-bond acceptors (Lipinski definition) is 4. The molecule has 0 saturated carbocycles. The van der Waals surface area contributed by atoms with Crippen LogP contribution < -0.4 is 0 Å². The minimum atomic E-state index is 0.570. The van der Waals surface area contributed by atoms with Gasteiger partial charge >= 0.3 is 0 Å². The standard InChI is InChI=1S/C38H20N2S2/c39-21-23-7-5-8-24(17-23)31-18-26(27-11-6-14-36-38(27)30-10-2-4-13-35(30)41-36)19-32(33(31)22-40)25-15-16-29-28-9-1-3-12-34(28)42-37(29)20-25/h1-20H. The highest BCUT2D eigenvalue weighted by atomic mass is 32.1. The summed E-state index contributed by atoms with van der Waals surface area (Å²) in [4.78, 5) is 0. The van der Waals surface area contributed by atoms with Crippen molar-refractivity contribution in [3.8, 4) is 45.5 Å². The van der Waals surface area contributed by atoms with Crippen LogP contribution in [0.5, 0.6) is 0 Å². The highest BCUT2D eigenvalue weighted by molar-refractivity contribution is 7.26. The van der Waals surface area contributed by atoms with E-state index in [1.165, 1.54) is 40.3 Å². The molecule has 0 N–H and O–H groups in total. The van der Waals surface area contributed by atoms with Crippen LogP contribution in [0.4, 0.5) is 0 Å². The summed E-state index contributed by atoms with van der Waals surface area (Å²) < 4.78 is 4.94. The molecule has 0 aliphatic rings. The number of thiophene rings is 2. The first kappa shape index (κ1) is 24.5. The molecule has 0 saturated heterocycles. The fourth-order valence-corrected chi connectivity index (χ4v) is 8.32. The number of benzene rings is 6. The monoisotopic (exact) mass is 568 g/mol. The van der Waals surface area contributed by atoms with Crippen molar-refractivity contribution in [2.75, 3.05) is 0 Å². The molecule has 0 spiro atoms. The summed E-state index contributed by atoms with van der Waals surface area (Å²) in [6.45, 7) is 0. The molecule has 0 unspecified atom stereocenters. The number of rotatable bonds is 3. The molecular weight excluding hydrogens is 549 g/mol. The van der Waals surface area contributed by atoms with Gasteiger partial charge in [-0.2, -0.15) is 10.5 Å². The fourth-order valence-electron chi connectivity index (χ4n) is 6.04. The van der Waals surface area contributed by atoms with Gasteiger partial charge < -0.3 is 0 Å². The van der Waals surface area contributed by atoms with E-state index in [9.17, 15) is 10.5 Å². The molecule has 8 aromatic rings. The van der Waals surface area contributed by atoms with Crippen molar-refractivity contribution in [1.82, 2.24) is 0 Å². The molecule has 194 valence electrons. The molecule has 2 aromatic heterocycles. The van der Waals surface area contributed by atoms with Crippen LogP contribution >= 0.6 is 22.7 Å². The van der Waals surface area contributed by atoms with Crippen molar-refractivity contribution in [3.05, 3.63) is 132 Å². The van der Waals surface area contributed by atoms with E-state index in [0.29, 0.717) is 11.1 Å². The third-order valence-corrected chi connectivity index (χ3v) is 10.2. The Morgan fingerprint density at radius 2 is 1.07 bits per heavy atom. The molecule has 0 fully saturated rings. The first-order valence-electron chi connectivity index (χ1n) is 13.6. The second-order valence-corrected chi connectivity index (χ2v) is 12.5. The minimum absolute atomic E-state index is 0.570. The van der Waals surface area contributed by atoms with Crippen LogP contribution in [0.1, 0.15) is 11.1 Å². The van der Waals surface area contributed by atoms with Gasteiger partial charge in [0.15, 0.2) is 0 Å². The largest absolute Gasteiger partial charge is 0.192 e. The molecule has 0 bridgehead atoms. The molecule has 8 rings (SSSR count). The SMILES string of the molecule is N#Cc1cccc(-c2cc(-c3cccc4sc5ccccc5c34)cc(-c3ccc4c(c3)sc3ccccc34)c2C#N)c1. The van der Waals surface area contributed by atoms with Crippen molar-refractivity contribution in [2.24, 2.45) is 0 Å². The lowest BCUT2D eigenvalue weighted by Gasteiger charge is -2.15. The summed E-state index contributed by atoms with van der Waals surface area (Å²) in [7, 11) is 0. The van der Waals surface area contributed by atoms with Crippen LogP contribution in [0, 0.1) is 22.7 Å². The van der Waals surface area contributed by atoms with E-state index >= 15 is 0 Å². The normalized spacial score (nSPS) is 11.3. The summed E-state index contributed by atoms with van der Waals surface area (Å²) >= 11 is 3.58. The Hall–Kier alpha value is -5.26. The second-order valence-electron chi connectivity index (χ2n) is 10.3. The van der Waals surface area contributed by atoms with E-state index in [2.05, 4.69) is 109 Å². The van der Waals surface area contributed by atoms with Gasteiger partial charge in [-0.15, -0.1) is 22.7 Å². The molecule has 4 heteroatoms. The Morgan fingerprint density at radius 1 is 0.429 bits per heavy atom. The maximum Gasteiger partial charge on any atom is 0.100 e. The molecule has 42 heavy (non-hydrogen) atoms. The molecule has 0 aliphatic carbocycles. The molecule has 6 aromatic carbocycles. The first-order chi connectivity index (χ1) is 20.7. The predicted octanol–water partition coefficient (Wildman–Crippen LogP) is 11.2. The number of nitrogens with zero attached hydrogens (tertiary/aromatic N) is 2. The highest BCUT2D eigenvalue weighted by Gasteiger charge is 2.19. The molecule has 0 radical (unpaired) electrons. The summed E-state index contributed by atoms with van der Waals surface area (Å²) in [5.41, 5.74) is 6.95. The fraction of sp³-hybridized carbons (Fsp3) is 0.